The Kier molecular flexibility index (Phi) is 2.82. The Bertz CT molecular complexity index is 1580. The Hall–Kier alpha value is -3.72. The molecule has 0 unspecified atom stereocenters. The summed E-state index contributed by atoms with van der Waals surface area (Å²) in [5.41, 5.74) is 11.0. The van der Waals surface area contributed by atoms with E-state index >= 15 is 0 Å². The average molecular weight is 387 g/mol. The molecule has 3 nitrogen and oxygen atoms in total. The maximum Gasteiger partial charge on any atom is 0.0588 e. The monoisotopic (exact) mass is 387 g/mol. The zero-order valence-electron chi connectivity index (χ0n) is 17.2. The summed E-state index contributed by atoms with van der Waals surface area (Å²) in [5.74, 6) is 0. The van der Waals surface area contributed by atoms with Crippen LogP contribution in [0.5, 0.6) is 0 Å². The van der Waals surface area contributed by atoms with Crippen molar-refractivity contribution in [1.82, 2.24) is 15.0 Å². The van der Waals surface area contributed by atoms with Gasteiger partial charge in [-0.15, -0.1) is 0 Å². The van der Waals surface area contributed by atoms with Crippen molar-refractivity contribution in [2.24, 2.45) is 0 Å². The van der Waals surface area contributed by atoms with Crippen molar-refractivity contribution in [3.05, 3.63) is 71.3 Å². The zero-order valence-corrected chi connectivity index (χ0v) is 17.2. The topological polar surface area (TPSA) is 47.4 Å². The molecular formula is C27H21N3. The molecule has 7 rings (SSSR count). The molecule has 7 aromatic rings. The molecule has 0 saturated heterocycles. The lowest BCUT2D eigenvalue weighted by molar-refractivity contribution is 1.47. The molecule has 0 aliphatic rings. The summed E-state index contributed by atoms with van der Waals surface area (Å²) in [6.07, 6.45) is 0. The molecule has 0 atom stereocenters. The van der Waals surface area contributed by atoms with Crippen LogP contribution in [0.2, 0.25) is 0 Å². The third-order valence-electron chi connectivity index (χ3n) is 6.61. The van der Waals surface area contributed by atoms with Gasteiger partial charge < -0.3 is 15.0 Å². The van der Waals surface area contributed by atoms with Crippen LogP contribution in [0.4, 0.5) is 0 Å². The first kappa shape index (κ1) is 16.1. The fraction of sp³-hybridized carbons (Fsp3) is 0.111. The second kappa shape index (κ2) is 5.25. The van der Waals surface area contributed by atoms with Gasteiger partial charge in [-0.2, -0.15) is 0 Å². The van der Waals surface area contributed by atoms with Gasteiger partial charge in [0, 0.05) is 48.9 Å². The Morgan fingerprint density at radius 2 is 0.733 bits per heavy atom. The van der Waals surface area contributed by atoms with E-state index in [-0.39, 0.29) is 0 Å². The molecule has 0 spiro atoms. The van der Waals surface area contributed by atoms with Crippen LogP contribution in [0.3, 0.4) is 0 Å². The van der Waals surface area contributed by atoms with Crippen molar-refractivity contribution in [2.45, 2.75) is 20.8 Å². The maximum absolute atomic E-state index is 3.76. The molecule has 30 heavy (non-hydrogen) atoms. The first-order valence-electron chi connectivity index (χ1n) is 10.5. The standard InChI is InChI=1S/C27H21N3/c1-13-4-7-16-19(10-13)28-25-22(16)26-24(18-9-6-15(3)12-21(18)29-26)27-23(25)17-8-5-14(2)11-20(17)30-27/h4-12,28-30H,1-3H3. The minimum atomic E-state index is 1.19. The smallest absolute Gasteiger partial charge is 0.0588 e. The molecule has 0 bridgehead atoms. The molecule has 4 aromatic carbocycles. The quantitative estimate of drug-likeness (QED) is 0.241. The van der Waals surface area contributed by atoms with E-state index in [4.69, 9.17) is 0 Å². The van der Waals surface area contributed by atoms with E-state index in [1.165, 1.54) is 82.1 Å². The van der Waals surface area contributed by atoms with Crippen LogP contribution in [-0.2, 0) is 0 Å². The van der Waals surface area contributed by atoms with Crippen molar-refractivity contribution in [3.8, 4) is 0 Å². The van der Waals surface area contributed by atoms with E-state index in [9.17, 15) is 0 Å². The van der Waals surface area contributed by atoms with E-state index in [1.54, 1.807) is 0 Å². The molecule has 3 aromatic heterocycles. The molecule has 0 fully saturated rings. The normalized spacial score (nSPS) is 12.5. The highest BCUT2D eigenvalue weighted by Gasteiger charge is 2.20. The molecule has 0 aliphatic carbocycles. The second-order valence-electron chi connectivity index (χ2n) is 8.77. The predicted octanol–water partition coefficient (Wildman–Crippen LogP) is 7.52. The van der Waals surface area contributed by atoms with Gasteiger partial charge in [-0.3, -0.25) is 0 Å². The molecule has 0 radical (unpaired) electrons. The Morgan fingerprint density at radius 1 is 0.433 bits per heavy atom. The van der Waals surface area contributed by atoms with Crippen LogP contribution < -0.4 is 0 Å². The number of aryl methyl sites for hydroxylation is 3. The highest BCUT2D eigenvalue weighted by Crippen LogP contribution is 2.44. The van der Waals surface area contributed by atoms with E-state index < -0.39 is 0 Å². The van der Waals surface area contributed by atoms with Crippen molar-refractivity contribution in [2.75, 3.05) is 0 Å². The Balaban J connectivity index is 1.88. The minimum absolute atomic E-state index is 1.19. The first-order chi connectivity index (χ1) is 14.6. The van der Waals surface area contributed by atoms with E-state index in [1.807, 2.05) is 0 Å². The SMILES string of the molecule is Cc1ccc2c(c1)[nH]c1c2c2[nH]c3cc(C)ccc3c2c2[nH]c3cc(C)ccc3c12. The van der Waals surface area contributed by atoms with Gasteiger partial charge in [0.15, 0.2) is 0 Å². The molecule has 3 heterocycles. The molecular weight excluding hydrogens is 366 g/mol. The largest absolute Gasteiger partial charge is 0.354 e. The number of H-pyrrole nitrogens is 3. The number of rotatable bonds is 0. The summed E-state index contributed by atoms with van der Waals surface area (Å²) < 4.78 is 0. The average Bonchev–Trinajstić information content (AvgIpc) is 3.36. The van der Waals surface area contributed by atoms with Gasteiger partial charge in [0.1, 0.15) is 0 Å². The van der Waals surface area contributed by atoms with Gasteiger partial charge in [-0.05, 0) is 55.7 Å². The van der Waals surface area contributed by atoms with Crippen LogP contribution in [0.15, 0.2) is 54.6 Å². The summed E-state index contributed by atoms with van der Waals surface area (Å²) in [6.45, 7) is 6.45. The fourth-order valence-corrected chi connectivity index (χ4v) is 5.28. The third kappa shape index (κ3) is 1.90. The number of aromatic amines is 3. The lowest BCUT2D eigenvalue weighted by atomic mass is 10.0. The molecule has 3 N–H and O–H groups in total. The van der Waals surface area contributed by atoms with Gasteiger partial charge in [0.25, 0.3) is 0 Å². The van der Waals surface area contributed by atoms with Crippen LogP contribution in [0, 0.1) is 20.8 Å². The third-order valence-corrected chi connectivity index (χ3v) is 6.61. The summed E-state index contributed by atoms with van der Waals surface area (Å²) in [7, 11) is 0. The first-order valence-corrected chi connectivity index (χ1v) is 10.5. The van der Waals surface area contributed by atoms with Crippen molar-refractivity contribution >= 4 is 65.4 Å². The van der Waals surface area contributed by atoms with Gasteiger partial charge >= 0.3 is 0 Å². The van der Waals surface area contributed by atoms with Gasteiger partial charge in [0.05, 0.1) is 16.6 Å². The molecule has 0 aliphatic heterocycles. The number of aromatic nitrogens is 3. The maximum atomic E-state index is 3.76. The molecule has 0 saturated carbocycles. The fourth-order valence-electron chi connectivity index (χ4n) is 5.28. The van der Waals surface area contributed by atoms with Crippen LogP contribution in [-0.4, -0.2) is 15.0 Å². The van der Waals surface area contributed by atoms with Crippen LogP contribution in [0.1, 0.15) is 16.7 Å². The van der Waals surface area contributed by atoms with Gasteiger partial charge in [0.2, 0.25) is 0 Å². The van der Waals surface area contributed by atoms with Crippen molar-refractivity contribution in [3.63, 3.8) is 0 Å². The summed E-state index contributed by atoms with van der Waals surface area (Å²) in [5, 5.41) is 7.65. The highest BCUT2D eigenvalue weighted by atomic mass is 14.8. The second-order valence-corrected chi connectivity index (χ2v) is 8.77. The predicted molar refractivity (Wildman–Crippen MR) is 129 cm³/mol. The van der Waals surface area contributed by atoms with Gasteiger partial charge in [-0.25, -0.2) is 0 Å². The Labute approximate surface area is 172 Å². The van der Waals surface area contributed by atoms with Crippen molar-refractivity contribution in [1.29, 1.82) is 0 Å². The zero-order chi connectivity index (χ0) is 20.1. The lowest BCUT2D eigenvalue weighted by Crippen LogP contribution is -1.77. The number of fused-ring (bicyclic) bond motifs is 12. The molecule has 3 heteroatoms. The number of hydrogen-bond donors (Lipinski definition) is 3. The highest BCUT2D eigenvalue weighted by molar-refractivity contribution is 6.38. The van der Waals surface area contributed by atoms with Crippen LogP contribution >= 0.6 is 0 Å². The molecule has 144 valence electrons. The van der Waals surface area contributed by atoms with Crippen LogP contribution in [0.25, 0.3) is 65.4 Å². The Morgan fingerprint density at radius 3 is 1.03 bits per heavy atom. The summed E-state index contributed by atoms with van der Waals surface area (Å²) in [6, 6.07) is 20.1. The lowest BCUT2D eigenvalue weighted by Gasteiger charge is -2.01. The summed E-state index contributed by atoms with van der Waals surface area (Å²) >= 11 is 0. The summed E-state index contributed by atoms with van der Waals surface area (Å²) in [4.78, 5) is 11.3. The number of benzene rings is 4. The van der Waals surface area contributed by atoms with Gasteiger partial charge in [-0.1, -0.05) is 36.4 Å². The number of nitrogens with one attached hydrogen (secondary N) is 3. The van der Waals surface area contributed by atoms with E-state index in [0.717, 1.165) is 0 Å². The van der Waals surface area contributed by atoms with E-state index in [2.05, 4.69) is 90.3 Å². The van der Waals surface area contributed by atoms with Crippen molar-refractivity contribution < 1.29 is 0 Å². The minimum Gasteiger partial charge on any atom is -0.354 e. The molecule has 0 amide bonds. The van der Waals surface area contributed by atoms with E-state index in [0.29, 0.717) is 0 Å². The number of hydrogen-bond acceptors (Lipinski definition) is 0.